The summed E-state index contributed by atoms with van der Waals surface area (Å²) in [4.78, 5) is 2.58. The summed E-state index contributed by atoms with van der Waals surface area (Å²) in [5, 5.41) is 3.72. The molecule has 0 amide bonds. The molecule has 0 aliphatic carbocycles. The molecule has 1 aromatic rings. The first kappa shape index (κ1) is 16.2. The van der Waals surface area contributed by atoms with Gasteiger partial charge in [-0.2, -0.15) is 0 Å². The first-order valence-electron chi connectivity index (χ1n) is 8.38. The van der Waals surface area contributed by atoms with Gasteiger partial charge in [0.1, 0.15) is 5.75 Å². The molecule has 2 atom stereocenters. The van der Waals surface area contributed by atoms with Crippen LogP contribution in [-0.4, -0.2) is 31.8 Å². The van der Waals surface area contributed by atoms with Gasteiger partial charge in [-0.15, -0.1) is 0 Å². The second-order valence-electron chi connectivity index (χ2n) is 6.28. The summed E-state index contributed by atoms with van der Waals surface area (Å²) in [6.07, 6.45) is 2.49. The van der Waals surface area contributed by atoms with Crippen LogP contribution in [0, 0.1) is 5.92 Å². The van der Waals surface area contributed by atoms with Gasteiger partial charge in [0.15, 0.2) is 0 Å². The van der Waals surface area contributed by atoms with Crippen LogP contribution in [-0.2, 0) is 0 Å². The number of rotatable bonds is 6. The molecule has 21 heavy (non-hydrogen) atoms. The molecule has 0 saturated carbocycles. The van der Waals surface area contributed by atoms with E-state index in [1.54, 1.807) is 0 Å². The molecule has 1 fully saturated rings. The summed E-state index contributed by atoms with van der Waals surface area (Å²) in [7, 11) is 0. The van der Waals surface area contributed by atoms with Gasteiger partial charge in [0.2, 0.25) is 0 Å². The summed E-state index contributed by atoms with van der Waals surface area (Å²) < 4.78 is 5.55. The lowest BCUT2D eigenvalue weighted by Gasteiger charge is -2.44. The van der Waals surface area contributed by atoms with Gasteiger partial charge in [-0.1, -0.05) is 27.2 Å². The van der Waals surface area contributed by atoms with Crippen molar-refractivity contribution in [1.29, 1.82) is 0 Å². The quantitative estimate of drug-likeness (QED) is 0.865. The second-order valence-corrected chi connectivity index (χ2v) is 6.28. The summed E-state index contributed by atoms with van der Waals surface area (Å²) in [5.74, 6) is 1.61. The van der Waals surface area contributed by atoms with Crippen molar-refractivity contribution in [2.24, 2.45) is 5.92 Å². The normalized spacial score (nSPS) is 22.6. The van der Waals surface area contributed by atoms with E-state index < -0.39 is 0 Å². The first-order valence-corrected chi connectivity index (χ1v) is 8.38. The molecule has 1 aromatic carbocycles. The van der Waals surface area contributed by atoms with E-state index in [1.165, 1.54) is 18.5 Å². The lowest BCUT2D eigenvalue weighted by molar-refractivity contribution is 0.326. The first-order chi connectivity index (χ1) is 10.2. The smallest absolute Gasteiger partial charge is 0.119 e. The van der Waals surface area contributed by atoms with Crippen molar-refractivity contribution in [1.82, 2.24) is 5.32 Å². The molecule has 3 nitrogen and oxygen atoms in total. The van der Waals surface area contributed by atoms with Crippen molar-refractivity contribution < 1.29 is 4.74 Å². The van der Waals surface area contributed by atoms with Crippen molar-refractivity contribution in [2.75, 3.05) is 24.6 Å². The van der Waals surface area contributed by atoms with Crippen LogP contribution >= 0.6 is 0 Å². The average molecular weight is 290 g/mol. The number of ether oxygens (including phenoxy) is 1. The van der Waals surface area contributed by atoms with E-state index in [2.05, 4.69) is 55.3 Å². The maximum Gasteiger partial charge on any atom is 0.119 e. The fraction of sp³-hybridized carbons (Fsp3) is 0.667. The van der Waals surface area contributed by atoms with Crippen LogP contribution in [0.4, 0.5) is 5.69 Å². The van der Waals surface area contributed by atoms with Gasteiger partial charge >= 0.3 is 0 Å². The standard InChI is InChI=1S/C18H30N2O/c1-5-7-15-13-20(18(12-19-15)14(3)4)16-8-10-17(11-9-16)21-6-2/h8-11,14-15,18-19H,5-7,12-13H2,1-4H3. The Morgan fingerprint density at radius 1 is 1.24 bits per heavy atom. The number of hydrogen-bond donors (Lipinski definition) is 1. The molecule has 3 heteroatoms. The SMILES string of the molecule is CCCC1CN(c2ccc(OCC)cc2)C(C(C)C)CN1. The van der Waals surface area contributed by atoms with E-state index >= 15 is 0 Å². The number of benzene rings is 1. The van der Waals surface area contributed by atoms with Crippen molar-refractivity contribution in [2.45, 2.75) is 52.6 Å². The van der Waals surface area contributed by atoms with Gasteiger partial charge < -0.3 is 15.0 Å². The number of piperazine rings is 1. The zero-order chi connectivity index (χ0) is 15.2. The summed E-state index contributed by atoms with van der Waals surface area (Å²) >= 11 is 0. The molecule has 2 unspecified atom stereocenters. The Kier molecular flexibility index (Phi) is 5.92. The lowest BCUT2D eigenvalue weighted by Crippen LogP contribution is -2.58. The minimum absolute atomic E-state index is 0.566. The second kappa shape index (κ2) is 7.69. The highest BCUT2D eigenvalue weighted by molar-refractivity contribution is 5.51. The highest BCUT2D eigenvalue weighted by Crippen LogP contribution is 2.26. The number of nitrogens with zero attached hydrogens (tertiary/aromatic N) is 1. The Morgan fingerprint density at radius 3 is 2.52 bits per heavy atom. The Balaban J connectivity index is 2.14. The third-order valence-corrected chi connectivity index (χ3v) is 4.32. The largest absolute Gasteiger partial charge is 0.494 e. The molecule has 0 bridgehead atoms. The molecule has 1 N–H and O–H groups in total. The number of hydrogen-bond acceptors (Lipinski definition) is 3. The highest BCUT2D eigenvalue weighted by atomic mass is 16.5. The average Bonchev–Trinajstić information content (AvgIpc) is 2.48. The van der Waals surface area contributed by atoms with Crippen LogP contribution in [0.1, 0.15) is 40.5 Å². The summed E-state index contributed by atoms with van der Waals surface area (Å²) in [6.45, 7) is 11.8. The van der Waals surface area contributed by atoms with E-state index in [9.17, 15) is 0 Å². The number of anilines is 1. The van der Waals surface area contributed by atoms with E-state index in [-0.39, 0.29) is 0 Å². The molecule has 0 aromatic heterocycles. The van der Waals surface area contributed by atoms with Crippen molar-refractivity contribution in [3.63, 3.8) is 0 Å². The van der Waals surface area contributed by atoms with E-state index in [0.29, 0.717) is 18.0 Å². The van der Waals surface area contributed by atoms with E-state index in [0.717, 1.165) is 25.4 Å². The molecule has 0 spiro atoms. The third kappa shape index (κ3) is 4.13. The molecule has 2 rings (SSSR count). The predicted molar refractivity (Wildman–Crippen MR) is 90.3 cm³/mol. The van der Waals surface area contributed by atoms with E-state index in [1.807, 2.05) is 6.92 Å². The summed E-state index contributed by atoms with van der Waals surface area (Å²) in [6, 6.07) is 9.76. The molecule has 1 aliphatic heterocycles. The zero-order valence-corrected chi connectivity index (χ0v) is 13.9. The van der Waals surface area contributed by atoms with Crippen LogP contribution in [0.3, 0.4) is 0 Å². The van der Waals surface area contributed by atoms with Crippen LogP contribution in [0.2, 0.25) is 0 Å². The topological polar surface area (TPSA) is 24.5 Å². The van der Waals surface area contributed by atoms with Crippen molar-refractivity contribution >= 4 is 5.69 Å². The van der Waals surface area contributed by atoms with Crippen LogP contribution in [0.15, 0.2) is 24.3 Å². The fourth-order valence-electron chi connectivity index (χ4n) is 3.17. The molecular formula is C18H30N2O. The molecular weight excluding hydrogens is 260 g/mol. The molecule has 118 valence electrons. The Labute approximate surface area is 129 Å². The van der Waals surface area contributed by atoms with Crippen molar-refractivity contribution in [3.8, 4) is 5.75 Å². The van der Waals surface area contributed by atoms with Gasteiger partial charge in [0.25, 0.3) is 0 Å². The Bertz CT molecular complexity index is 416. The third-order valence-electron chi connectivity index (χ3n) is 4.32. The molecule has 1 saturated heterocycles. The number of nitrogens with one attached hydrogen (secondary N) is 1. The minimum atomic E-state index is 0.566. The van der Waals surface area contributed by atoms with Gasteiger partial charge in [0, 0.05) is 30.9 Å². The van der Waals surface area contributed by atoms with E-state index in [4.69, 9.17) is 4.74 Å². The predicted octanol–water partition coefficient (Wildman–Crippen LogP) is 3.69. The maximum absolute atomic E-state index is 5.55. The highest BCUT2D eigenvalue weighted by Gasteiger charge is 2.29. The molecule has 1 aliphatic rings. The van der Waals surface area contributed by atoms with Crippen LogP contribution < -0.4 is 15.0 Å². The van der Waals surface area contributed by atoms with Crippen LogP contribution in [0.25, 0.3) is 0 Å². The van der Waals surface area contributed by atoms with Gasteiger partial charge in [0.05, 0.1) is 6.61 Å². The maximum atomic E-state index is 5.55. The minimum Gasteiger partial charge on any atom is -0.494 e. The fourth-order valence-corrected chi connectivity index (χ4v) is 3.17. The van der Waals surface area contributed by atoms with Crippen molar-refractivity contribution in [3.05, 3.63) is 24.3 Å². The van der Waals surface area contributed by atoms with Gasteiger partial charge in [-0.05, 0) is 43.5 Å². The lowest BCUT2D eigenvalue weighted by atomic mass is 9.96. The molecule has 1 heterocycles. The zero-order valence-electron chi connectivity index (χ0n) is 13.9. The Morgan fingerprint density at radius 2 is 1.95 bits per heavy atom. The Hall–Kier alpha value is -1.22. The summed E-state index contributed by atoms with van der Waals surface area (Å²) in [5.41, 5.74) is 1.32. The van der Waals surface area contributed by atoms with Gasteiger partial charge in [-0.25, -0.2) is 0 Å². The molecule has 0 radical (unpaired) electrons. The van der Waals surface area contributed by atoms with Crippen LogP contribution in [0.5, 0.6) is 5.75 Å². The van der Waals surface area contributed by atoms with Gasteiger partial charge in [-0.3, -0.25) is 0 Å². The monoisotopic (exact) mass is 290 g/mol.